The third kappa shape index (κ3) is 5.35. The summed E-state index contributed by atoms with van der Waals surface area (Å²) in [6.07, 6.45) is 3.96. The van der Waals surface area contributed by atoms with Crippen LogP contribution in [0.5, 0.6) is 0 Å². The van der Waals surface area contributed by atoms with Gasteiger partial charge in [-0.25, -0.2) is 8.91 Å². The molecule has 0 spiro atoms. The van der Waals surface area contributed by atoms with E-state index < -0.39 is 0 Å². The number of aromatic nitrogens is 2. The van der Waals surface area contributed by atoms with E-state index in [0.29, 0.717) is 50.4 Å². The number of pyridine rings is 1. The first-order valence-corrected chi connectivity index (χ1v) is 16.5. The highest BCUT2D eigenvalue weighted by molar-refractivity contribution is 6.43. The molecule has 0 N–H and O–H groups in total. The second kappa shape index (κ2) is 11.3. The fourth-order valence-corrected chi connectivity index (χ4v) is 7.92. The zero-order valence-electron chi connectivity index (χ0n) is 24.6. The van der Waals surface area contributed by atoms with Gasteiger partial charge in [0.05, 0.1) is 33.9 Å². The van der Waals surface area contributed by atoms with Gasteiger partial charge in [-0.2, -0.15) is 5.10 Å². The van der Waals surface area contributed by atoms with E-state index in [0.717, 1.165) is 55.7 Å². The Balaban J connectivity index is 1.14. The molecule has 43 heavy (non-hydrogen) atoms. The molecule has 4 heterocycles. The number of methoxy groups -OCH3 is 1. The molecular weight excluding hydrogens is 559 g/mol. The van der Waals surface area contributed by atoms with Crippen molar-refractivity contribution >= 4 is 32.6 Å². The molecule has 3 aliphatic rings. The molecule has 7 nitrogen and oxygen atoms in total. The lowest BCUT2D eigenvalue weighted by Gasteiger charge is -2.35. The number of nitrogens with zero attached hydrogens (tertiary/aromatic N) is 4. The van der Waals surface area contributed by atoms with E-state index in [1.165, 1.54) is 18.2 Å². The minimum absolute atomic E-state index is 0.00494. The third-order valence-electron chi connectivity index (χ3n) is 9.23. The summed E-state index contributed by atoms with van der Waals surface area (Å²) in [4.78, 5) is 29.6. The summed E-state index contributed by atoms with van der Waals surface area (Å²) in [5.74, 6) is -0.0993. The number of rotatable bonds is 7. The lowest BCUT2D eigenvalue weighted by atomic mass is 9.93. The van der Waals surface area contributed by atoms with Gasteiger partial charge in [0.1, 0.15) is 5.82 Å². The van der Waals surface area contributed by atoms with Crippen molar-refractivity contribution in [3.8, 4) is 11.3 Å². The summed E-state index contributed by atoms with van der Waals surface area (Å²) < 4.78 is 22.3. The van der Waals surface area contributed by atoms with Crippen molar-refractivity contribution < 1.29 is 18.7 Å². The number of fused-ring (bicyclic) bond motifs is 2. The molecule has 9 heteroatoms. The minimum atomic E-state index is -0.313. The molecule has 2 aliphatic heterocycles. The Kier molecular flexibility index (Phi) is 7.29. The molecule has 2 aromatic carbocycles. The van der Waals surface area contributed by atoms with Crippen LogP contribution < -0.4 is 4.90 Å². The van der Waals surface area contributed by atoms with Crippen molar-refractivity contribution in [1.29, 1.82) is 0 Å². The number of halogens is 1. The van der Waals surface area contributed by atoms with Gasteiger partial charge in [0.15, 0.2) is 0 Å². The smallest absolute Gasteiger partial charge is 0.302 e. The second-order valence-corrected chi connectivity index (χ2v) is 13.6. The Morgan fingerprint density at radius 3 is 2.67 bits per heavy atom. The van der Waals surface area contributed by atoms with E-state index >= 15 is 4.39 Å². The van der Waals surface area contributed by atoms with Crippen LogP contribution >= 0.6 is 0 Å². The topological polar surface area (TPSA) is 67.2 Å². The first-order valence-electron chi connectivity index (χ1n) is 15.2. The van der Waals surface area contributed by atoms with Crippen LogP contribution in [0.25, 0.3) is 16.8 Å². The van der Waals surface area contributed by atoms with Crippen molar-refractivity contribution in [3.05, 3.63) is 88.9 Å². The van der Waals surface area contributed by atoms with Gasteiger partial charge in [-0.05, 0) is 85.7 Å². The summed E-state index contributed by atoms with van der Waals surface area (Å²) in [6, 6.07) is 20.0. The Morgan fingerprint density at radius 2 is 1.88 bits per heavy atom. The van der Waals surface area contributed by atoms with Crippen LogP contribution in [-0.2, 0) is 16.0 Å². The predicted molar refractivity (Wildman–Crippen MR) is 165 cm³/mol. The van der Waals surface area contributed by atoms with Gasteiger partial charge in [0, 0.05) is 54.1 Å². The highest BCUT2D eigenvalue weighted by atomic mass is 28.2. The Morgan fingerprint density at radius 1 is 1.05 bits per heavy atom. The lowest BCUT2D eigenvalue weighted by Crippen LogP contribution is -2.38. The zero-order valence-corrected chi connectivity index (χ0v) is 25.6. The van der Waals surface area contributed by atoms with Gasteiger partial charge in [-0.15, -0.1) is 0 Å². The number of carbonyl (C=O) groups is 2. The molecule has 1 amide bonds. The molecule has 2 radical (unpaired) electrons. The molecule has 0 bridgehead atoms. The Bertz CT molecular complexity index is 1720. The van der Waals surface area contributed by atoms with Crippen LogP contribution in [0.15, 0.2) is 60.7 Å². The second-order valence-electron chi connectivity index (χ2n) is 12.0. The quantitative estimate of drug-likeness (QED) is 0.192. The van der Waals surface area contributed by atoms with E-state index in [1.54, 1.807) is 6.07 Å². The van der Waals surface area contributed by atoms with Gasteiger partial charge in [0.25, 0.3) is 5.91 Å². The molecule has 1 aliphatic carbocycles. The fraction of sp³-hybridized carbons (Fsp3) is 0.382. The van der Waals surface area contributed by atoms with E-state index in [4.69, 9.17) is 9.84 Å². The van der Waals surface area contributed by atoms with E-state index in [-0.39, 0.29) is 23.7 Å². The summed E-state index contributed by atoms with van der Waals surface area (Å²) >= 11 is 0. The first-order chi connectivity index (χ1) is 20.9. The normalized spacial score (nSPS) is 20.0. The molecule has 4 aromatic rings. The predicted octanol–water partition coefficient (Wildman–Crippen LogP) is 6.07. The number of amides is 1. The number of carbonyl (C=O) groups excluding carboxylic acids is 2. The maximum absolute atomic E-state index is 15.6. The van der Waals surface area contributed by atoms with Gasteiger partial charge >= 0.3 is 5.97 Å². The van der Waals surface area contributed by atoms with Crippen molar-refractivity contribution in [2.24, 2.45) is 0 Å². The molecule has 1 unspecified atom stereocenters. The van der Waals surface area contributed by atoms with Crippen molar-refractivity contribution in [3.63, 3.8) is 0 Å². The number of ether oxygens (including phenoxy) is 1. The number of anilines is 1. The van der Waals surface area contributed by atoms with Crippen LogP contribution in [0.3, 0.4) is 0 Å². The van der Waals surface area contributed by atoms with Gasteiger partial charge in [0.2, 0.25) is 0 Å². The third-order valence-corrected chi connectivity index (χ3v) is 10.8. The van der Waals surface area contributed by atoms with Crippen LogP contribution in [0, 0.1) is 5.82 Å². The molecule has 220 valence electrons. The lowest BCUT2D eigenvalue weighted by molar-refractivity contribution is -0.137. The van der Waals surface area contributed by atoms with Gasteiger partial charge in [-0.1, -0.05) is 24.3 Å². The number of hydrogen-bond donors (Lipinski definition) is 0. The monoisotopic (exact) mass is 594 g/mol. The maximum Gasteiger partial charge on any atom is 0.302 e. The highest BCUT2D eigenvalue weighted by Gasteiger charge is 2.32. The minimum Gasteiger partial charge on any atom is -0.469 e. The maximum atomic E-state index is 15.6. The highest BCUT2D eigenvalue weighted by Crippen LogP contribution is 2.42. The number of hydrogen-bond acceptors (Lipinski definition) is 5. The average molecular weight is 595 g/mol. The van der Waals surface area contributed by atoms with Crippen LogP contribution in [0.1, 0.15) is 65.3 Å². The number of benzene rings is 2. The molecule has 1 saturated heterocycles. The Hall–Kier alpha value is -3.98. The van der Waals surface area contributed by atoms with Gasteiger partial charge in [-0.3, -0.25) is 9.59 Å². The molecule has 2 fully saturated rings. The van der Waals surface area contributed by atoms with Crippen molar-refractivity contribution in [2.45, 2.75) is 56.2 Å². The Labute approximate surface area is 253 Å². The molecule has 7 rings (SSSR count). The van der Waals surface area contributed by atoms with Crippen LogP contribution in [0.2, 0.25) is 11.6 Å². The van der Waals surface area contributed by atoms with Crippen molar-refractivity contribution in [1.82, 2.24) is 14.5 Å². The van der Waals surface area contributed by atoms with Crippen LogP contribution in [0.4, 0.5) is 10.1 Å². The number of esters is 1. The van der Waals surface area contributed by atoms with Gasteiger partial charge < -0.3 is 14.5 Å². The molecule has 1 saturated carbocycles. The first kappa shape index (κ1) is 27.8. The van der Waals surface area contributed by atoms with E-state index in [2.05, 4.69) is 30.0 Å². The van der Waals surface area contributed by atoms with Crippen LogP contribution in [-0.4, -0.2) is 62.7 Å². The van der Waals surface area contributed by atoms with Crippen molar-refractivity contribution in [2.75, 3.05) is 31.6 Å². The average Bonchev–Trinajstić information content (AvgIpc) is 3.60. The fourth-order valence-electron chi connectivity index (χ4n) is 6.64. The summed E-state index contributed by atoms with van der Waals surface area (Å²) in [5, 5.41) is 4.85. The summed E-state index contributed by atoms with van der Waals surface area (Å²) in [7, 11) is 1.93. The van der Waals surface area contributed by atoms with E-state index in [9.17, 15) is 9.59 Å². The molecular formula is C34H35FN4O3Si. The SMILES string of the molecule is COC(=O)C[Si]C1CCN(c2ccc(-c3cc4cc(C(=O)N5CCc6ccccc6[C@H]5C)cc(C5CC5)n4n3)c(F)c2)C1. The summed E-state index contributed by atoms with van der Waals surface area (Å²) in [5.41, 5.74) is 7.29. The largest absolute Gasteiger partial charge is 0.469 e. The standard InChI is InChI=1S/C34H35FN4O3Si/c1-21-28-6-4-3-5-22(28)11-14-38(21)34(41)24-15-26-18-31(36-39(26)32(16-24)23-7-8-23)29-10-9-25(17-30(29)35)37-13-12-27(19-37)43-20-33(40)42-2/h3-6,9-10,15-18,21,23,27H,7-8,11-14,19-20H2,1-2H3/t21-,27?/m1/s1. The van der Waals surface area contributed by atoms with E-state index in [1.807, 2.05) is 45.8 Å². The zero-order chi connectivity index (χ0) is 29.7. The molecule has 2 aromatic heterocycles. The molecule has 2 atom stereocenters. The summed E-state index contributed by atoms with van der Waals surface area (Å²) in [6.45, 7) is 4.44.